The Morgan fingerprint density at radius 1 is 1.40 bits per heavy atom. The smallest absolute Gasteiger partial charge is 0.267 e. The van der Waals surface area contributed by atoms with Crippen LogP contribution in [0.3, 0.4) is 0 Å². The van der Waals surface area contributed by atoms with Gasteiger partial charge < -0.3 is 5.73 Å². The lowest BCUT2D eigenvalue weighted by atomic mass is 10.3. The third kappa shape index (κ3) is 2.54. The quantitative estimate of drug-likeness (QED) is 0.882. The molecule has 2 rings (SSSR count). The highest BCUT2D eigenvalue weighted by atomic mass is 35.5. The van der Waals surface area contributed by atoms with Gasteiger partial charge in [0, 0.05) is 18.3 Å². The second kappa shape index (κ2) is 5.26. The van der Waals surface area contributed by atoms with E-state index in [4.69, 9.17) is 17.3 Å². The average molecular weight is 316 g/mol. The number of aromatic nitrogens is 1. The van der Waals surface area contributed by atoms with Crippen LogP contribution in [-0.2, 0) is 10.0 Å². The summed E-state index contributed by atoms with van der Waals surface area (Å²) in [6.07, 6.45) is 2.85. The number of nitrogens with two attached hydrogens (primary N) is 1. The van der Waals surface area contributed by atoms with Crippen LogP contribution in [-0.4, -0.2) is 20.4 Å². The van der Waals surface area contributed by atoms with Crippen LogP contribution < -0.4 is 10.0 Å². The predicted molar refractivity (Wildman–Crippen MR) is 75.6 cm³/mol. The molecule has 0 fully saturated rings. The minimum absolute atomic E-state index is 0.0436. The predicted octanol–water partition coefficient (Wildman–Crippen LogP) is 2.28. The summed E-state index contributed by atoms with van der Waals surface area (Å²) in [6.45, 7) is 0. The van der Waals surface area contributed by atoms with E-state index >= 15 is 0 Å². The van der Waals surface area contributed by atoms with E-state index < -0.39 is 20.7 Å². The number of hydrogen-bond acceptors (Lipinski definition) is 4. The highest BCUT2D eigenvalue weighted by Gasteiger charge is 2.26. The van der Waals surface area contributed by atoms with Crippen LogP contribution in [0.25, 0.3) is 0 Å². The van der Waals surface area contributed by atoms with Gasteiger partial charge in [0.25, 0.3) is 10.0 Å². The van der Waals surface area contributed by atoms with Gasteiger partial charge in [0.2, 0.25) is 0 Å². The number of halogens is 2. The van der Waals surface area contributed by atoms with Crippen molar-refractivity contribution in [1.82, 2.24) is 4.98 Å². The maximum Gasteiger partial charge on any atom is 0.267 e. The largest absolute Gasteiger partial charge is 0.396 e. The molecule has 0 spiro atoms. The molecule has 5 nitrogen and oxygen atoms in total. The van der Waals surface area contributed by atoms with Crippen molar-refractivity contribution in [2.75, 3.05) is 17.1 Å². The molecular weight excluding hydrogens is 305 g/mol. The third-order valence-corrected chi connectivity index (χ3v) is 4.68. The van der Waals surface area contributed by atoms with Gasteiger partial charge in [-0.05, 0) is 24.3 Å². The summed E-state index contributed by atoms with van der Waals surface area (Å²) in [6, 6.07) is 5.29. The first kappa shape index (κ1) is 14.5. The maximum absolute atomic E-state index is 13.9. The minimum Gasteiger partial charge on any atom is -0.396 e. The van der Waals surface area contributed by atoms with E-state index in [-0.39, 0.29) is 10.7 Å². The number of hydrogen-bond donors (Lipinski definition) is 1. The summed E-state index contributed by atoms with van der Waals surface area (Å²) in [5.41, 5.74) is 5.38. The van der Waals surface area contributed by atoms with Gasteiger partial charge in [-0.15, -0.1) is 0 Å². The van der Waals surface area contributed by atoms with Crippen LogP contribution in [0.4, 0.5) is 15.8 Å². The van der Waals surface area contributed by atoms with Crippen molar-refractivity contribution in [3.05, 3.63) is 47.5 Å². The minimum atomic E-state index is -4.11. The van der Waals surface area contributed by atoms with E-state index in [1.54, 1.807) is 6.07 Å². The van der Waals surface area contributed by atoms with E-state index in [1.165, 1.54) is 25.5 Å². The Kier molecular flexibility index (Phi) is 3.82. The molecule has 0 aliphatic carbocycles. The molecule has 0 radical (unpaired) electrons. The normalized spacial score (nSPS) is 11.3. The number of nitrogen functional groups attached to an aromatic ring is 1. The lowest BCUT2D eigenvalue weighted by molar-refractivity contribution is 0.568. The van der Waals surface area contributed by atoms with Gasteiger partial charge in [-0.2, -0.15) is 0 Å². The molecule has 0 saturated carbocycles. The Bertz CT molecular complexity index is 738. The molecule has 8 heteroatoms. The Balaban J connectivity index is 2.57. The van der Waals surface area contributed by atoms with Gasteiger partial charge in [0.15, 0.2) is 5.82 Å². The molecular formula is C12H11ClFN3O2S. The van der Waals surface area contributed by atoms with Crippen molar-refractivity contribution < 1.29 is 12.8 Å². The van der Waals surface area contributed by atoms with E-state index in [0.29, 0.717) is 5.69 Å². The molecule has 2 aromatic rings. The van der Waals surface area contributed by atoms with Gasteiger partial charge in [0.05, 0.1) is 17.6 Å². The fourth-order valence-corrected chi connectivity index (χ4v) is 3.19. The van der Waals surface area contributed by atoms with Crippen LogP contribution in [0.2, 0.25) is 5.02 Å². The SMILES string of the molecule is CN(c1cccnc1)S(=O)(=O)c1cc(Cl)cc(N)c1F. The van der Waals surface area contributed by atoms with Crippen LogP contribution in [0.15, 0.2) is 41.6 Å². The number of anilines is 2. The summed E-state index contributed by atoms with van der Waals surface area (Å²) in [7, 11) is -2.82. The standard InChI is InChI=1S/C12H11ClFN3O2S/c1-17(9-3-2-4-16-7-9)20(18,19)11-6-8(13)5-10(15)12(11)14/h2-7H,15H2,1H3. The fourth-order valence-electron chi connectivity index (χ4n) is 1.60. The lowest BCUT2D eigenvalue weighted by Crippen LogP contribution is -2.27. The monoisotopic (exact) mass is 315 g/mol. The van der Waals surface area contributed by atoms with E-state index in [9.17, 15) is 12.8 Å². The molecule has 0 aliphatic heterocycles. The summed E-state index contributed by atoms with van der Waals surface area (Å²) in [5.74, 6) is -1.02. The molecule has 0 saturated heterocycles. The van der Waals surface area contributed by atoms with Crippen molar-refractivity contribution >= 4 is 33.0 Å². The van der Waals surface area contributed by atoms with Gasteiger partial charge in [-0.25, -0.2) is 12.8 Å². The fraction of sp³-hybridized carbons (Fsp3) is 0.0833. The molecule has 106 valence electrons. The number of rotatable bonds is 3. The van der Waals surface area contributed by atoms with Gasteiger partial charge in [-0.3, -0.25) is 9.29 Å². The first-order valence-corrected chi connectivity index (χ1v) is 7.29. The van der Waals surface area contributed by atoms with Gasteiger partial charge in [0.1, 0.15) is 4.90 Å². The zero-order chi connectivity index (χ0) is 14.9. The zero-order valence-electron chi connectivity index (χ0n) is 10.4. The van der Waals surface area contributed by atoms with Crippen molar-refractivity contribution in [3.8, 4) is 0 Å². The molecule has 1 aromatic carbocycles. The molecule has 1 aromatic heterocycles. The second-order valence-electron chi connectivity index (χ2n) is 3.99. The van der Waals surface area contributed by atoms with E-state index in [2.05, 4.69) is 4.98 Å². The van der Waals surface area contributed by atoms with Crippen molar-refractivity contribution in [1.29, 1.82) is 0 Å². The highest BCUT2D eigenvalue weighted by molar-refractivity contribution is 7.92. The Morgan fingerprint density at radius 3 is 2.70 bits per heavy atom. The van der Waals surface area contributed by atoms with Gasteiger partial charge >= 0.3 is 0 Å². The average Bonchev–Trinajstić information content (AvgIpc) is 2.42. The Labute approximate surface area is 120 Å². The topological polar surface area (TPSA) is 76.3 Å². The molecule has 1 heterocycles. The molecule has 0 amide bonds. The lowest BCUT2D eigenvalue weighted by Gasteiger charge is -2.19. The maximum atomic E-state index is 13.9. The highest BCUT2D eigenvalue weighted by Crippen LogP contribution is 2.29. The van der Waals surface area contributed by atoms with E-state index in [0.717, 1.165) is 16.4 Å². The molecule has 2 N–H and O–H groups in total. The number of pyridine rings is 1. The van der Waals surface area contributed by atoms with Crippen molar-refractivity contribution in [3.63, 3.8) is 0 Å². The van der Waals surface area contributed by atoms with Crippen LogP contribution in [0, 0.1) is 5.82 Å². The summed E-state index contributed by atoms with van der Waals surface area (Å²) < 4.78 is 39.7. The van der Waals surface area contributed by atoms with Crippen molar-refractivity contribution in [2.45, 2.75) is 4.90 Å². The molecule has 0 unspecified atom stereocenters. The number of sulfonamides is 1. The summed E-state index contributed by atoms with van der Waals surface area (Å²) in [4.78, 5) is 3.24. The Hall–Kier alpha value is -1.86. The Morgan fingerprint density at radius 2 is 2.10 bits per heavy atom. The number of nitrogens with zero attached hydrogens (tertiary/aromatic N) is 2. The zero-order valence-corrected chi connectivity index (χ0v) is 12.0. The van der Waals surface area contributed by atoms with Crippen LogP contribution in [0.5, 0.6) is 0 Å². The summed E-state index contributed by atoms with van der Waals surface area (Å²) in [5, 5.41) is 0.0436. The van der Waals surface area contributed by atoms with Crippen LogP contribution in [0.1, 0.15) is 0 Å². The molecule has 0 bridgehead atoms. The van der Waals surface area contributed by atoms with Crippen molar-refractivity contribution in [2.24, 2.45) is 0 Å². The van der Waals surface area contributed by atoms with Crippen LogP contribution >= 0.6 is 11.6 Å². The van der Waals surface area contributed by atoms with Gasteiger partial charge in [-0.1, -0.05) is 11.6 Å². The molecule has 0 atom stereocenters. The second-order valence-corrected chi connectivity index (χ2v) is 6.37. The molecule has 20 heavy (non-hydrogen) atoms. The number of benzene rings is 1. The first-order valence-electron chi connectivity index (χ1n) is 5.47. The molecule has 0 aliphatic rings. The summed E-state index contributed by atoms with van der Waals surface area (Å²) >= 11 is 5.74. The first-order chi connectivity index (χ1) is 9.34. The van der Waals surface area contributed by atoms with E-state index in [1.807, 2.05) is 0 Å². The third-order valence-electron chi connectivity index (χ3n) is 2.68.